The Morgan fingerprint density at radius 3 is 2.68 bits per heavy atom. The van der Waals surface area contributed by atoms with Crippen LogP contribution in [0.1, 0.15) is 28.9 Å². The van der Waals surface area contributed by atoms with Crippen LogP contribution in [0.4, 0.5) is 5.69 Å². The van der Waals surface area contributed by atoms with Gasteiger partial charge in [-0.25, -0.2) is 4.98 Å². The van der Waals surface area contributed by atoms with Gasteiger partial charge in [-0.3, -0.25) is 14.5 Å². The highest BCUT2D eigenvalue weighted by atomic mass is 35.5. The molecule has 0 radical (unpaired) electrons. The molecule has 3 N–H and O–H groups in total. The van der Waals surface area contributed by atoms with E-state index >= 15 is 0 Å². The summed E-state index contributed by atoms with van der Waals surface area (Å²) in [5, 5.41) is 6.07. The lowest BCUT2D eigenvalue weighted by Crippen LogP contribution is -2.38. The molecule has 8 heteroatoms. The molecule has 0 saturated carbocycles. The Balaban J connectivity index is 1.38. The van der Waals surface area contributed by atoms with Crippen LogP contribution in [-0.2, 0) is 11.3 Å². The number of aromatic nitrogens is 1. The van der Waals surface area contributed by atoms with Crippen LogP contribution in [0.5, 0.6) is 0 Å². The van der Waals surface area contributed by atoms with Gasteiger partial charge in [0.2, 0.25) is 5.91 Å². The standard InChI is InChI=1S/C23H23ClN4O2S/c24-18-5-2-4-17(12-18)23-27-20(14-31-23)22(30)26-19-6-1-3-15(11-19)13-28-9-7-16(8-10-28)21(25)29/h1-6,11-12,14,16H,7-10,13H2,(H2,25,29)(H,26,30). The molecular weight excluding hydrogens is 432 g/mol. The van der Waals surface area contributed by atoms with Crippen LogP contribution in [0, 0.1) is 5.92 Å². The number of hydrogen-bond donors (Lipinski definition) is 2. The van der Waals surface area contributed by atoms with E-state index in [1.54, 1.807) is 11.4 Å². The van der Waals surface area contributed by atoms with Gasteiger partial charge < -0.3 is 11.1 Å². The van der Waals surface area contributed by atoms with Crippen LogP contribution in [0.2, 0.25) is 5.02 Å². The van der Waals surface area contributed by atoms with Crippen molar-refractivity contribution in [3.05, 3.63) is 70.2 Å². The van der Waals surface area contributed by atoms with Crippen LogP contribution >= 0.6 is 22.9 Å². The summed E-state index contributed by atoms with van der Waals surface area (Å²) in [6.45, 7) is 2.45. The van der Waals surface area contributed by atoms with Gasteiger partial charge in [0, 0.05) is 34.1 Å². The number of thiazole rings is 1. The summed E-state index contributed by atoms with van der Waals surface area (Å²) in [6.07, 6.45) is 1.59. The first-order chi connectivity index (χ1) is 15.0. The number of primary amides is 1. The topological polar surface area (TPSA) is 88.3 Å². The van der Waals surface area contributed by atoms with Gasteiger partial charge in [-0.15, -0.1) is 11.3 Å². The molecule has 2 heterocycles. The first-order valence-electron chi connectivity index (χ1n) is 10.1. The molecule has 2 aromatic carbocycles. The van der Waals surface area contributed by atoms with Crippen molar-refractivity contribution >= 4 is 40.4 Å². The average Bonchev–Trinajstić information content (AvgIpc) is 3.25. The molecule has 0 bridgehead atoms. The molecule has 4 rings (SSSR count). The van der Waals surface area contributed by atoms with Gasteiger partial charge in [-0.1, -0.05) is 35.9 Å². The zero-order valence-corrected chi connectivity index (χ0v) is 18.5. The minimum Gasteiger partial charge on any atom is -0.369 e. The Morgan fingerprint density at radius 1 is 1.16 bits per heavy atom. The number of benzene rings is 2. The first kappa shape index (κ1) is 21.5. The normalized spacial score (nSPS) is 15.0. The molecule has 0 unspecified atom stereocenters. The molecule has 1 aromatic heterocycles. The number of halogens is 1. The van der Waals surface area contributed by atoms with E-state index in [0.717, 1.165) is 54.3 Å². The minimum atomic E-state index is -0.246. The minimum absolute atomic E-state index is 0.0169. The summed E-state index contributed by atoms with van der Waals surface area (Å²) in [5.74, 6) is -0.467. The average molecular weight is 455 g/mol. The van der Waals surface area contributed by atoms with Crippen LogP contribution in [0.25, 0.3) is 10.6 Å². The maximum Gasteiger partial charge on any atom is 0.275 e. The van der Waals surface area contributed by atoms with Crippen molar-refractivity contribution < 1.29 is 9.59 Å². The number of carbonyl (C=O) groups is 2. The van der Waals surface area contributed by atoms with Crippen molar-refractivity contribution in [1.29, 1.82) is 0 Å². The molecule has 0 spiro atoms. The fourth-order valence-electron chi connectivity index (χ4n) is 3.71. The third kappa shape index (κ3) is 5.50. The molecule has 1 fully saturated rings. The second kappa shape index (κ2) is 9.60. The third-order valence-corrected chi connectivity index (χ3v) is 6.52. The molecule has 0 atom stereocenters. The lowest BCUT2D eigenvalue weighted by molar-refractivity contribution is -0.123. The van der Waals surface area contributed by atoms with E-state index in [2.05, 4.69) is 15.2 Å². The molecule has 2 amide bonds. The second-order valence-electron chi connectivity index (χ2n) is 7.66. The van der Waals surface area contributed by atoms with Crippen molar-refractivity contribution in [3.63, 3.8) is 0 Å². The molecule has 160 valence electrons. The summed E-state index contributed by atoms with van der Waals surface area (Å²) in [7, 11) is 0. The number of rotatable bonds is 6. The van der Waals surface area contributed by atoms with Crippen molar-refractivity contribution in [2.24, 2.45) is 11.7 Å². The van der Waals surface area contributed by atoms with E-state index in [0.29, 0.717) is 10.7 Å². The van der Waals surface area contributed by atoms with Gasteiger partial charge in [0.25, 0.3) is 5.91 Å². The quantitative estimate of drug-likeness (QED) is 0.577. The zero-order chi connectivity index (χ0) is 21.8. The largest absolute Gasteiger partial charge is 0.369 e. The molecule has 6 nitrogen and oxygen atoms in total. The molecule has 1 aliphatic rings. The number of hydrogen-bond acceptors (Lipinski definition) is 5. The summed E-state index contributed by atoms with van der Waals surface area (Å²) in [6, 6.07) is 15.2. The van der Waals surface area contributed by atoms with Crippen molar-refractivity contribution in [1.82, 2.24) is 9.88 Å². The lowest BCUT2D eigenvalue weighted by atomic mass is 9.96. The zero-order valence-electron chi connectivity index (χ0n) is 16.9. The van der Waals surface area contributed by atoms with Gasteiger partial charge in [0.1, 0.15) is 10.7 Å². The van der Waals surface area contributed by atoms with Gasteiger partial charge in [-0.05, 0) is 55.8 Å². The number of nitrogens with two attached hydrogens (primary N) is 1. The van der Waals surface area contributed by atoms with E-state index in [1.165, 1.54) is 11.3 Å². The van der Waals surface area contributed by atoms with E-state index in [-0.39, 0.29) is 17.7 Å². The second-order valence-corrected chi connectivity index (χ2v) is 8.95. The fraction of sp³-hybridized carbons (Fsp3) is 0.261. The SMILES string of the molecule is NC(=O)C1CCN(Cc2cccc(NC(=O)c3csc(-c4cccc(Cl)c4)n3)c2)CC1. The number of piperidine rings is 1. The smallest absolute Gasteiger partial charge is 0.275 e. The van der Waals surface area contributed by atoms with Crippen molar-refractivity contribution in [2.45, 2.75) is 19.4 Å². The Labute approximate surface area is 190 Å². The van der Waals surface area contributed by atoms with E-state index in [1.807, 2.05) is 42.5 Å². The van der Waals surface area contributed by atoms with Gasteiger partial charge >= 0.3 is 0 Å². The van der Waals surface area contributed by atoms with E-state index in [4.69, 9.17) is 17.3 Å². The van der Waals surface area contributed by atoms with E-state index < -0.39 is 0 Å². The van der Waals surface area contributed by atoms with Gasteiger partial charge in [0.15, 0.2) is 0 Å². The fourth-order valence-corrected chi connectivity index (χ4v) is 4.70. The number of nitrogens with zero attached hydrogens (tertiary/aromatic N) is 2. The van der Waals surface area contributed by atoms with Gasteiger partial charge in [0.05, 0.1) is 0 Å². The first-order valence-corrected chi connectivity index (χ1v) is 11.4. The Bertz CT molecular complexity index is 1090. The van der Waals surface area contributed by atoms with Crippen LogP contribution in [0.15, 0.2) is 53.9 Å². The van der Waals surface area contributed by atoms with E-state index in [9.17, 15) is 9.59 Å². The monoisotopic (exact) mass is 454 g/mol. The van der Waals surface area contributed by atoms with Crippen molar-refractivity contribution in [3.8, 4) is 10.6 Å². The number of anilines is 1. The summed E-state index contributed by atoms with van der Waals surface area (Å²) < 4.78 is 0. The summed E-state index contributed by atoms with van der Waals surface area (Å²) in [4.78, 5) is 30.8. The molecule has 1 aliphatic heterocycles. The maximum absolute atomic E-state index is 12.7. The number of likely N-dealkylation sites (tertiary alicyclic amines) is 1. The highest BCUT2D eigenvalue weighted by Crippen LogP contribution is 2.26. The summed E-state index contributed by atoms with van der Waals surface area (Å²) in [5.41, 5.74) is 8.51. The third-order valence-electron chi connectivity index (χ3n) is 5.39. The molecular formula is C23H23ClN4O2S. The van der Waals surface area contributed by atoms with Crippen molar-refractivity contribution in [2.75, 3.05) is 18.4 Å². The maximum atomic E-state index is 12.7. The molecule has 31 heavy (non-hydrogen) atoms. The predicted octanol–water partition coefficient (Wildman–Crippen LogP) is 4.41. The Kier molecular flexibility index (Phi) is 6.65. The van der Waals surface area contributed by atoms with Crippen LogP contribution in [0.3, 0.4) is 0 Å². The lowest BCUT2D eigenvalue weighted by Gasteiger charge is -2.30. The molecule has 3 aromatic rings. The van der Waals surface area contributed by atoms with Crippen LogP contribution < -0.4 is 11.1 Å². The number of carbonyl (C=O) groups excluding carboxylic acids is 2. The number of nitrogens with one attached hydrogen (secondary N) is 1. The van der Waals surface area contributed by atoms with Crippen LogP contribution in [-0.4, -0.2) is 34.8 Å². The van der Waals surface area contributed by atoms with Gasteiger partial charge in [-0.2, -0.15) is 0 Å². The summed E-state index contributed by atoms with van der Waals surface area (Å²) >= 11 is 7.46. The highest BCUT2D eigenvalue weighted by Gasteiger charge is 2.23. The molecule has 0 aliphatic carbocycles. The molecule has 1 saturated heterocycles. The highest BCUT2D eigenvalue weighted by molar-refractivity contribution is 7.13. The Morgan fingerprint density at radius 2 is 1.94 bits per heavy atom. The Hall–Kier alpha value is -2.74. The predicted molar refractivity (Wildman–Crippen MR) is 124 cm³/mol. The number of amides is 2.